The van der Waals surface area contributed by atoms with Crippen LogP contribution in [0.2, 0.25) is 0 Å². The molecule has 1 N–H and O–H groups in total. The van der Waals surface area contributed by atoms with Crippen LogP contribution in [0.15, 0.2) is 30.5 Å². The van der Waals surface area contributed by atoms with Crippen molar-refractivity contribution in [1.29, 1.82) is 0 Å². The van der Waals surface area contributed by atoms with Gasteiger partial charge in [-0.2, -0.15) is 5.10 Å². The van der Waals surface area contributed by atoms with Crippen molar-refractivity contribution in [2.24, 2.45) is 7.05 Å². The van der Waals surface area contributed by atoms with Crippen LogP contribution in [0.1, 0.15) is 10.4 Å². The van der Waals surface area contributed by atoms with E-state index in [1.807, 2.05) is 0 Å². The first-order valence-electron chi connectivity index (χ1n) is 5.03. The lowest BCUT2D eigenvalue weighted by Crippen LogP contribution is -1.96. The maximum absolute atomic E-state index is 11.1. The standard InChI is InChI=1S/C12H12N2O3/c1-14-7-10(12(15)16)11(13-14)8-3-5-9(17-2)6-4-8/h3-7H,1-2H3,(H,15,16). The van der Waals surface area contributed by atoms with E-state index in [9.17, 15) is 4.79 Å². The Bertz CT molecular complexity index is 543. The van der Waals surface area contributed by atoms with Crippen molar-refractivity contribution in [3.8, 4) is 17.0 Å². The van der Waals surface area contributed by atoms with Crippen molar-refractivity contribution in [2.75, 3.05) is 7.11 Å². The van der Waals surface area contributed by atoms with Gasteiger partial charge in [-0.1, -0.05) is 0 Å². The average Bonchev–Trinajstić information content (AvgIpc) is 2.72. The summed E-state index contributed by atoms with van der Waals surface area (Å²) in [6.45, 7) is 0. The molecular weight excluding hydrogens is 220 g/mol. The zero-order chi connectivity index (χ0) is 12.4. The molecule has 1 aromatic heterocycles. The normalized spacial score (nSPS) is 10.2. The number of carbonyl (C=O) groups is 1. The van der Waals surface area contributed by atoms with Gasteiger partial charge in [0.25, 0.3) is 0 Å². The summed E-state index contributed by atoms with van der Waals surface area (Å²) in [6, 6.07) is 7.12. The predicted molar refractivity (Wildman–Crippen MR) is 62.2 cm³/mol. The van der Waals surface area contributed by atoms with Crippen molar-refractivity contribution < 1.29 is 14.6 Å². The zero-order valence-corrected chi connectivity index (χ0v) is 9.54. The first-order valence-corrected chi connectivity index (χ1v) is 5.03. The second-order valence-electron chi connectivity index (χ2n) is 3.60. The number of rotatable bonds is 3. The summed E-state index contributed by atoms with van der Waals surface area (Å²) in [5.74, 6) is -0.259. The fourth-order valence-corrected chi connectivity index (χ4v) is 1.61. The fourth-order valence-electron chi connectivity index (χ4n) is 1.61. The number of hydrogen-bond donors (Lipinski definition) is 1. The molecule has 0 aliphatic carbocycles. The minimum absolute atomic E-state index is 0.192. The quantitative estimate of drug-likeness (QED) is 0.876. The van der Waals surface area contributed by atoms with Gasteiger partial charge < -0.3 is 9.84 Å². The Morgan fingerprint density at radius 2 is 2.00 bits per heavy atom. The lowest BCUT2D eigenvalue weighted by molar-refractivity contribution is 0.0697. The smallest absolute Gasteiger partial charge is 0.339 e. The molecule has 17 heavy (non-hydrogen) atoms. The van der Waals surface area contributed by atoms with Gasteiger partial charge >= 0.3 is 5.97 Å². The number of benzene rings is 1. The van der Waals surface area contributed by atoms with Crippen molar-refractivity contribution in [3.63, 3.8) is 0 Å². The van der Waals surface area contributed by atoms with E-state index in [1.165, 1.54) is 10.9 Å². The Morgan fingerprint density at radius 3 is 2.53 bits per heavy atom. The predicted octanol–water partition coefficient (Wildman–Crippen LogP) is 1.79. The molecule has 2 aromatic rings. The summed E-state index contributed by atoms with van der Waals surface area (Å²) in [5.41, 5.74) is 1.41. The zero-order valence-electron chi connectivity index (χ0n) is 9.54. The number of hydrogen-bond acceptors (Lipinski definition) is 3. The van der Waals surface area contributed by atoms with Crippen LogP contribution in [-0.2, 0) is 7.05 Å². The molecule has 0 fully saturated rings. The van der Waals surface area contributed by atoms with Crippen LogP contribution in [0.3, 0.4) is 0 Å². The topological polar surface area (TPSA) is 64.4 Å². The van der Waals surface area contributed by atoms with Crippen LogP contribution in [0.25, 0.3) is 11.3 Å². The van der Waals surface area contributed by atoms with Crippen LogP contribution in [0.5, 0.6) is 5.75 Å². The number of carboxylic acids is 1. The number of aryl methyl sites for hydroxylation is 1. The number of carboxylic acid groups (broad SMARTS) is 1. The fraction of sp³-hybridized carbons (Fsp3) is 0.167. The lowest BCUT2D eigenvalue weighted by atomic mass is 10.1. The van der Waals surface area contributed by atoms with Crippen LogP contribution >= 0.6 is 0 Å². The maximum atomic E-state index is 11.1. The first-order chi connectivity index (χ1) is 8.11. The van der Waals surface area contributed by atoms with Gasteiger partial charge in [0.2, 0.25) is 0 Å². The molecule has 5 nitrogen and oxygen atoms in total. The minimum Gasteiger partial charge on any atom is -0.497 e. The summed E-state index contributed by atoms with van der Waals surface area (Å²) >= 11 is 0. The summed E-state index contributed by atoms with van der Waals surface area (Å²) < 4.78 is 6.54. The van der Waals surface area contributed by atoms with Gasteiger partial charge in [0.15, 0.2) is 0 Å². The molecule has 2 rings (SSSR count). The van der Waals surface area contributed by atoms with Gasteiger partial charge in [-0.15, -0.1) is 0 Å². The van der Waals surface area contributed by atoms with E-state index >= 15 is 0 Å². The van der Waals surface area contributed by atoms with Crippen molar-refractivity contribution in [1.82, 2.24) is 9.78 Å². The van der Waals surface area contributed by atoms with Gasteiger partial charge in [-0.25, -0.2) is 4.79 Å². The van der Waals surface area contributed by atoms with E-state index in [0.717, 1.165) is 11.3 Å². The molecule has 0 aliphatic rings. The summed E-state index contributed by atoms with van der Waals surface area (Å²) in [5, 5.41) is 13.2. The Labute approximate surface area is 98.3 Å². The molecular formula is C12H12N2O3. The summed E-state index contributed by atoms with van der Waals surface area (Å²) in [7, 11) is 3.28. The van der Waals surface area contributed by atoms with Gasteiger partial charge in [0, 0.05) is 18.8 Å². The second-order valence-corrected chi connectivity index (χ2v) is 3.60. The molecule has 0 aliphatic heterocycles. The monoisotopic (exact) mass is 232 g/mol. The van der Waals surface area contributed by atoms with E-state index in [-0.39, 0.29) is 5.56 Å². The van der Waals surface area contributed by atoms with Crippen LogP contribution in [0, 0.1) is 0 Å². The maximum Gasteiger partial charge on any atom is 0.339 e. The highest BCUT2D eigenvalue weighted by Crippen LogP contribution is 2.24. The molecule has 1 heterocycles. The molecule has 0 amide bonds. The highest BCUT2D eigenvalue weighted by Gasteiger charge is 2.15. The molecule has 0 unspecified atom stereocenters. The molecule has 0 saturated carbocycles. The Kier molecular flexibility index (Phi) is 2.82. The number of ether oxygens (including phenoxy) is 1. The molecule has 0 atom stereocenters. The van der Waals surface area contributed by atoms with E-state index in [2.05, 4.69) is 5.10 Å². The molecule has 88 valence electrons. The summed E-state index contributed by atoms with van der Waals surface area (Å²) in [6.07, 6.45) is 1.49. The van der Waals surface area contributed by atoms with Gasteiger partial charge in [0.1, 0.15) is 17.0 Å². The SMILES string of the molecule is COc1ccc(-c2nn(C)cc2C(=O)O)cc1. The molecule has 0 radical (unpaired) electrons. The number of methoxy groups -OCH3 is 1. The van der Waals surface area contributed by atoms with Crippen molar-refractivity contribution in [3.05, 3.63) is 36.0 Å². The van der Waals surface area contributed by atoms with Crippen LogP contribution < -0.4 is 4.74 Å². The largest absolute Gasteiger partial charge is 0.497 e. The number of nitrogens with zero attached hydrogens (tertiary/aromatic N) is 2. The third-order valence-corrected chi connectivity index (χ3v) is 2.42. The molecule has 0 bridgehead atoms. The Morgan fingerprint density at radius 1 is 1.35 bits per heavy atom. The minimum atomic E-state index is -0.982. The van der Waals surface area contributed by atoms with E-state index in [4.69, 9.17) is 9.84 Å². The van der Waals surface area contributed by atoms with Gasteiger partial charge in [-0.05, 0) is 24.3 Å². The number of aromatic nitrogens is 2. The van der Waals surface area contributed by atoms with Gasteiger partial charge in [-0.3, -0.25) is 4.68 Å². The van der Waals surface area contributed by atoms with Crippen LogP contribution in [-0.4, -0.2) is 28.0 Å². The molecule has 1 aromatic carbocycles. The Hall–Kier alpha value is -2.30. The van der Waals surface area contributed by atoms with E-state index < -0.39 is 5.97 Å². The summed E-state index contributed by atoms with van der Waals surface area (Å²) in [4.78, 5) is 11.1. The molecule has 0 saturated heterocycles. The highest BCUT2D eigenvalue weighted by molar-refractivity contribution is 5.94. The van der Waals surface area contributed by atoms with Gasteiger partial charge in [0.05, 0.1) is 7.11 Å². The molecule has 5 heteroatoms. The van der Waals surface area contributed by atoms with Crippen molar-refractivity contribution >= 4 is 5.97 Å². The molecule has 0 spiro atoms. The number of aromatic carboxylic acids is 1. The van der Waals surface area contributed by atoms with E-state index in [1.54, 1.807) is 38.4 Å². The Balaban J connectivity index is 2.48. The second kappa shape index (κ2) is 4.29. The third-order valence-electron chi connectivity index (χ3n) is 2.42. The van der Waals surface area contributed by atoms with Crippen molar-refractivity contribution in [2.45, 2.75) is 0 Å². The highest BCUT2D eigenvalue weighted by atomic mass is 16.5. The lowest BCUT2D eigenvalue weighted by Gasteiger charge is -2.01. The third kappa shape index (κ3) is 2.13. The average molecular weight is 232 g/mol. The van der Waals surface area contributed by atoms with E-state index in [0.29, 0.717) is 5.69 Å². The first kappa shape index (κ1) is 11.2. The van der Waals surface area contributed by atoms with Crippen LogP contribution in [0.4, 0.5) is 0 Å².